The van der Waals surface area contributed by atoms with Gasteiger partial charge in [-0.05, 0) is 44.4 Å². The molecule has 1 aliphatic carbocycles. The van der Waals surface area contributed by atoms with Gasteiger partial charge in [0.1, 0.15) is 0 Å². The summed E-state index contributed by atoms with van der Waals surface area (Å²) in [6.07, 6.45) is -0.0545. The van der Waals surface area contributed by atoms with Gasteiger partial charge in [0, 0.05) is 24.9 Å². The highest BCUT2D eigenvalue weighted by Gasteiger charge is 2.44. The molecular formula is C15H23ClF3NO. The van der Waals surface area contributed by atoms with Gasteiger partial charge in [0.05, 0.1) is 5.92 Å². The maximum absolute atomic E-state index is 12.8. The van der Waals surface area contributed by atoms with E-state index in [1.165, 1.54) is 0 Å². The predicted octanol–water partition coefficient (Wildman–Crippen LogP) is 4.22. The van der Waals surface area contributed by atoms with E-state index in [9.17, 15) is 18.0 Å². The fourth-order valence-corrected chi connectivity index (χ4v) is 3.93. The number of hydrogen-bond donors (Lipinski definition) is 0. The third kappa shape index (κ3) is 4.51. The highest BCUT2D eigenvalue weighted by molar-refractivity contribution is 6.17. The molecule has 122 valence electrons. The van der Waals surface area contributed by atoms with Crippen molar-refractivity contribution in [3.05, 3.63) is 0 Å². The van der Waals surface area contributed by atoms with E-state index in [0.717, 1.165) is 19.3 Å². The molecule has 2 rings (SSSR count). The molecule has 1 aliphatic heterocycles. The second-order valence-corrected chi connectivity index (χ2v) is 6.75. The smallest absolute Gasteiger partial charge is 0.342 e. The Morgan fingerprint density at radius 3 is 2.62 bits per heavy atom. The maximum atomic E-state index is 12.8. The van der Waals surface area contributed by atoms with E-state index >= 15 is 0 Å². The van der Waals surface area contributed by atoms with Crippen LogP contribution in [0, 0.1) is 17.8 Å². The highest BCUT2D eigenvalue weighted by atomic mass is 35.5. The molecule has 0 radical (unpaired) electrons. The van der Waals surface area contributed by atoms with Crippen molar-refractivity contribution in [2.45, 2.75) is 51.1 Å². The Kier molecular flexibility index (Phi) is 5.81. The van der Waals surface area contributed by atoms with Gasteiger partial charge in [-0.1, -0.05) is 6.42 Å². The van der Waals surface area contributed by atoms with E-state index in [2.05, 4.69) is 0 Å². The number of likely N-dealkylation sites (tertiary alicyclic amines) is 1. The molecule has 6 heteroatoms. The first-order valence-electron chi connectivity index (χ1n) is 7.83. The van der Waals surface area contributed by atoms with E-state index in [-0.39, 0.29) is 18.7 Å². The molecule has 3 unspecified atom stereocenters. The quantitative estimate of drug-likeness (QED) is 0.711. The molecule has 1 heterocycles. The van der Waals surface area contributed by atoms with Crippen LogP contribution in [-0.4, -0.2) is 36.0 Å². The topological polar surface area (TPSA) is 20.3 Å². The molecule has 0 spiro atoms. The molecule has 0 N–H and O–H groups in total. The van der Waals surface area contributed by atoms with Crippen molar-refractivity contribution in [1.29, 1.82) is 0 Å². The van der Waals surface area contributed by atoms with Crippen molar-refractivity contribution in [1.82, 2.24) is 4.90 Å². The number of carbonyl (C=O) groups excluding carboxylic acids is 1. The molecule has 21 heavy (non-hydrogen) atoms. The minimum atomic E-state index is -4.16. The van der Waals surface area contributed by atoms with Gasteiger partial charge in [-0.25, -0.2) is 0 Å². The van der Waals surface area contributed by atoms with Crippen LogP contribution >= 0.6 is 11.6 Å². The number of piperidine rings is 1. The molecule has 0 bridgehead atoms. The first-order valence-corrected chi connectivity index (χ1v) is 8.36. The van der Waals surface area contributed by atoms with Gasteiger partial charge < -0.3 is 4.90 Å². The molecule has 0 aromatic heterocycles. The van der Waals surface area contributed by atoms with Crippen LogP contribution in [0.25, 0.3) is 0 Å². The summed E-state index contributed by atoms with van der Waals surface area (Å²) < 4.78 is 38.5. The predicted molar refractivity (Wildman–Crippen MR) is 76.1 cm³/mol. The van der Waals surface area contributed by atoms with E-state index in [1.807, 2.05) is 0 Å². The van der Waals surface area contributed by atoms with Gasteiger partial charge in [0.25, 0.3) is 0 Å². The Morgan fingerprint density at radius 1 is 1.19 bits per heavy atom. The summed E-state index contributed by atoms with van der Waals surface area (Å²) in [5, 5.41) is 0. The molecule has 0 aromatic rings. The Morgan fingerprint density at radius 2 is 1.95 bits per heavy atom. The number of alkyl halides is 4. The van der Waals surface area contributed by atoms with E-state index in [4.69, 9.17) is 11.6 Å². The van der Waals surface area contributed by atoms with Crippen LogP contribution in [0.5, 0.6) is 0 Å². The van der Waals surface area contributed by atoms with Crippen LogP contribution in [0.2, 0.25) is 0 Å². The molecular weight excluding hydrogens is 303 g/mol. The monoisotopic (exact) mass is 325 g/mol. The molecule has 1 amide bonds. The number of rotatable bonds is 3. The molecule has 1 saturated carbocycles. The van der Waals surface area contributed by atoms with Crippen molar-refractivity contribution in [3.8, 4) is 0 Å². The van der Waals surface area contributed by atoms with Crippen LogP contribution in [0.3, 0.4) is 0 Å². The lowest BCUT2D eigenvalue weighted by molar-refractivity contribution is -0.187. The number of amides is 1. The highest BCUT2D eigenvalue weighted by Crippen LogP contribution is 2.40. The summed E-state index contributed by atoms with van der Waals surface area (Å²) in [5.41, 5.74) is 0. The number of nitrogens with zero attached hydrogens (tertiary/aromatic N) is 1. The van der Waals surface area contributed by atoms with Crippen LogP contribution in [0.1, 0.15) is 44.9 Å². The molecule has 2 aliphatic rings. The zero-order valence-electron chi connectivity index (χ0n) is 12.2. The van der Waals surface area contributed by atoms with Crippen LogP contribution in [0.15, 0.2) is 0 Å². The lowest BCUT2D eigenvalue weighted by atomic mass is 9.80. The Hall–Kier alpha value is -0.450. The van der Waals surface area contributed by atoms with Crippen molar-refractivity contribution in [3.63, 3.8) is 0 Å². The zero-order chi connectivity index (χ0) is 15.5. The largest absolute Gasteiger partial charge is 0.391 e. The first kappa shape index (κ1) is 16.9. The van der Waals surface area contributed by atoms with Gasteiger partial charge in [-0.15, -0.1) is 11.6 Å². The summed E-state index contributed by atoms with van der Waals surface area (Å²) in [6.45, 7) is 1.35. The SMILES string of the molecule is O=C(C1CCCC(C(F)(F)F)C1)N1CCCC(CCCl)C1. The molecule has 2 nitrogen and oxygen atoms in total. The summed E-state index contributed by atoms with van der Waals surface area (Å²) >= 11 is 5.75. The lowest BCUT2D eigenvalue weighted by Crippen LogP contribution is -2.45. The van der Waals surface area contributed by atoms with E-state index < -0.39 is 18.0 Å². The Bertz CT molecular complexity index is 359. The normalized spacial score (nSPS) is 31.2. The fraction of sp³-hybridized carbons (Fsp3) is 0.933. The summed E-state index contributed by atoms with van der Waals surface area (Å²) in [4.78, 5) is 14.3. The second kappa shape index (κ2) is 7.21. The maximum Gasteiger partial charge on any atom is 0.391 e. The molecule has 0 aromatic carbocycles. The minimum Gasteiger partial charge on any atom is -0.342 e. The zero-order valence-corrected chi connectivity index (χ0v) is 12.9. The van der Waals surface area contributed by atoms with E-state index in [1.54, 1.807) is 4.90 Å². The summed E-state index contributed by atoms with van der Waals surface area (Å²) in [5.74, 6) is -0.832. The number of halogens is 4. The Labute approximate surface area is 129 Å². The number of hydrogen-bond acceptors (Lipinski definition) is 1. The van der Waals surface area contributed by atoms with Crippen LogP contribution < -0.4 is 0 Å². The molecule has 2 fully saturated rings. The van der Waals surface area contributed by atoms with Crippen LogP contribution in [0.4, 0.5) is 13.2 Å². The summed E-state index contributed by atoms with van der Waals surface area (Å²) in [6, 6.07) is 0. The van der Waals surface area contributed by atoms with Crippen molar-refractivity contribution < 1.29 is 18.0 Å². The van der Waals surface area contributed by atoms with Crippen molar-refractivity contribution in [2.75, 3.05) is 19.0 Å². The van der Waals surface area contributed by atoms with E-state index in [0.29, 0.717) is 37.7 Å². The molecule has 1 saturated heterocycles. The number of carbonyl (C=O) groups is 1. The van der Waals surface area contributed by atoms with Gasteiger partial charge in [-0.3, -0.25) is 4.79 Å². The lowest BCUT2D eigenvalue weighted by Gasteiger charge is -2.37. The van der Waals surface area contributed by atoms with Crippen molar-refractivity contribution >= 4 is 17.5 Å². The van der Waals surface area contributed by atoms with Crippen molar-refractivity contribution in [2.24, 2.45) is 17.8 Å². The summed E-state index contributed by atoms with van der Waals surface area (Å²) in [7, 11) is 0. The third-order valence-corrected chi connectivity index (χ3v) is 5.05. The van der Waals surface area contributed by atoms with Gasteiger partial charge >= 0.3 is 6.18 Å². The standard InChI is InChI=1S/C15H23ClF3NO/c16-7-6-11-3-2-8-20(10-11)14(21)12-4-1-5-13(9-12)15(17,18)19/h11-13H,1-10H2. The average Bonchev–Trinajstić information content (AvgIpc) is 2.46. The first-order chi connectivity index (χ1) is 9.91. The fourth-order valence-electron chi connectivity index (χ4n) is 3.62. The minimum absolute atomic E-state index is 0.0288. The Balaban J connectivity index is 1.92. The van der Waals surface area contributed by atoms with Gasteiger partial charge in [-0.2, -0.15) is 13.2 Å². The average molecular weight is 326 g/mol. The van der Waals surface area contributed by atoms with Crippen LogP contribution in [-0.2, 0) is 4.79 Å². The second-order valence-electron chi connectivity index (χ2n) is 6.37. The van der Waals surface area contributed by atoms with Gasteiger partial charge in [0.2, 0.25) is 5.91 Å². The third-order valence-electron chi connectivity index (χ3n) is 4.83. The van der Waals surface area contributed by atoms with Gasteiger partial charge in [0.15, 0.2) is 0 Å². The molecule has 3 atom stereocenters.